The molecule has 10 rings (SSSR count). The third-order valence-electron chi connectivity index (χ3n) is 10.9. The van der Waals surface area contributed by atoms with Crippen LogP contribution in [0, 0.1) is 0 Å². The van der Waals surface area contributed by atoms with Crippen molar-refractivity contribution in [1.82, 2.24) is 4.98 Å². The Hall–Kier alpha value is -6.05. The van der Waals surface area contributed by atoms with Gasteiger partial charge in [0.2, 0.25) is 0 Å². The lowest BCUT2D eigenvalue weighted by Crippen LogP contribution is -2.14. The average molecular weight is 624 g/mol. The molecule has 0 N–H and O–H groups in total. The van der Waals surface area contributed by atoms with Crippen LogP contribution in [0.2, 0.25) is 0 Å². The van der Waals surface area contributed by atoms with Crippen LogP contribution in [-0.4, -0.2) is 4.98 Å². The molecule has 49 heavy (non-hydrogen) atoms. The second-order valence-electron chi connectivity index (χ2n) is 13.9. The lowest BCUT2D eigenvalue weighted by atomic mass is 9.80. The van der Waals surface area contributed by atoms with Gasteiger partial charge in [-0.05, 0) is 101 Å². The van der Waals surface area contributed by atoms with Crippen LogP contribution in [0.4, 0.5) is 0 Å². The van der Waals surface area contributed by atoms with Crippen molar-refractivity contribution < 1.29 is 0 Å². The molecule has 0 radical (unpaired) electrons. The van der Waals surface area contributed by atoms with Gasteiger partial charge in [-0.15, -0.1) is 0 Å². The largest absolute Gasteiger partial charge is 0.248 e. The molecule has 1 heteroatoms. The number of hydrogen-bond donors (Lipinski definition) is 0. The number of rotatable bonds is 3. The summed E-state index contributed by atoms with van der Waals surface area (Å²) in [7, 11) is 0. The monoisotopic (exact) mass is 623 g/mol. The summed E-state index contributed by atoms with van der Waals surface area (Å²) in [4.78, 5) is 5.26. The zero-order valence-electron chi connectivity index (χ0n) is 27.5. The Morgan fingerprint density at radius 2 is 1.02 bits per heavy atom. The molecule has 230 valence electrons. The van der Waals surface area contributed by atoms with Crippen molar-refractivity contribution in [2.75, 3.05) is 0 Å². The first kappa shape index (κ1) is 28.0. The van der Waals surface area contributed by atoms with Crippen LogP contribution in [0.25, 0.3) is 87.9 Å². The highest BCUT2D eigenvalue weighted by Gasteiger charge is 2.35. The highest BCUT2D eigenvalue weighted by molar-refractivity contribution is 6.22. The van der Waals surface area contributed by atoms with Crippen molar-refractivity contribution >= 4 is 43.2 Å². The molecule has 0 unspecified atom stereocenters. The smallest absolute Gasteiger partial charge is 0.0722 e. The van der Waals surface area contributed by atoms with Gasteiger partial charge in [0.1, 0.15) is 0 Å². The van der Waals surface area contributed by atoms with Gasteiger partial charge in [-0.25, -0.2) is 4.98 Å². The summed E-state index contributed by atoms with van der Waals surface area (Å²) in [5, 5.41) is 8.57. The summed E-state index contributed by atoms with van der Waals surface area (Å²) in [5.74, 6) is 0. The first-order valence-electron chi connectivity index (χ1n) is 17.1. The summed E-state index contributed by atoms with van der Waals surface area (Å²) in [6, 6.07) is 60.2. The van der Waals surface area contributed by atoms with Crippen LogP contribution in [-0.2, 0) is 5.41 Å². The molecule has 0 atom stereocenters. The number of hydrogen-bond acceptors (Lipinski definition) is 1. The maximum absolute atomic E-state index is 5.26. The highest BCUT2D eigenvalue weighted by atomic mass is 14.7. The van der Waals surface area contributed by atoms with Crippen molar-refractivity contribution in [3.05, 3.63) is 175 Å². The van der Waals surface area contributed by atoms with Crippen molar-refractivity contribution in [1.29, 1.82) is 0 Å². The van der Waals surface area contributed by atoms with E-state index >= 15 is 0 Å². The topological polar surface area (TPSA) is 12.9 Å². The first-order chi connectivity index (χ1) is 24.1. The van der Waals surface area contributed by atoms with Gasteiger partial charge in [0.05, 0.1) is 11.2 Å². The van der Waals surface area contributed by atoms with E-state index in [1.165, 1.54) is 82.4 Å². The lowest BCUT2D eigenvalue weighted by Gasteiger charge is -2.23. The van der Waals surface area contributed by atoms with Gasteiger partial charge < -0.3 is 0 Å². The Morgan fingerprint density at radius 3 is 1.90 bits per heavy atom. The van der Waals surface area contributed by atoms with E-state index in [0.29, 0.717) is 0 Å². The molecule has 1 aromatic heterocycles. The maximum atomic E-state index is 5.26. The van der Waals surface area contributed by atoms with E-state index in [1.807, 2.05) is 0 Å². The third-order valence-corrected chi connectivity index (χ3v) is 10.9. The minimum Gasteiger partial charge on any atom is -0.248 e. The molecule has 1 aliphatic rings. The Morgan fingerprint density at radius 1 is 0.388 bits per heavy atom. The molecule has 0 aliphatic heterocycles. The van der Waals surface area contributed by atoms with Crippen LogP contribution < -0.4 is 0 Å². The van der Waals surface area contributed by atoms with Crippen molar-refractivity contribution in [3.63, 3.8) is 0 Å². The second kappa shape index (κ2) is 10.5. The Bertz CT molecular complexity index is 2800. The summed E-state index contributed by atoms with van der Waals surface area (Å²) < 4.78 is 0. The van der Waals surface area contributed by atoms with Gasteiger partial charge in [0, 0.05) is 16.4 Å². The highest BCUT2D eigenvalue weighted by Crippen LogP contribution is 2.51. The van der Waals surface area contributed by atoms with Gasteiger partial charge in [-0.1, -0.05) is 153 Å². The van der Waals surface area contributed by atoms with Gasteiger partial charge in [-0.2, -0.15) is 0 Å². The van der Waals surface area contributed by atoms with Gasteiger partial charge in [-0.3, -0.25) is 0 Å². The van der Waals surface area contributed by atoms with Crippen molar-refractivity contribution in [2.45, 2.75) is 19.3 Å². The molecule has 9 aromatic rings. The third kappa shape index (κ3) is 4.15. The number of nitrogens with zero attached hydrogens (tertiary/aromatic N) is 1. The molecule has 1 nitrogen and oxygen atoms in total. The van der Waals surface area contributed by atoms with Crippen molar-refractivity contribution in [2.24, 2.45) is 0 Å². The zero-order chi connectivity index (χ0) is 32.7. The van der Waals surface area contributed by atoms with Crippen LogP contribution in [0.15, 0.2) is 164 Å². The standard InChI is InChI=1S/C48H33N/c1-48(2)42-20-9-8-16-36(42)37-25-23-33(29-43(37)48)46-38-17-6-7-18-39(38)47(45-27-24-31-13-4-10-21-44(31)49-45)40-26-22-32(28-41(40)46)35-19-11-14-30-12-3-5-15-34(30)35/h3-29H,1-2H3. The van der Waals surface area contributed by atoms with E-state index < -0.39 is 0 Å². The quantitative estimate of drug-likeness (QED) is 0.178. The predicted molar refractivity (Wildman–Crippen MR) is 208 cm³/mol. The normalized spacial score (nSPS) is 13.3. The minimum absolute atomic E-state index is 0.0867. The maximum Gasteiger partial charge on any atom is 0.0722 e. The fraction of sp³-hybridized carbons (Fsp3) is 0.0625. The number of fused-ring (bicyclic) bond motifs is 7. The molecule has 1 heterocycles. The van der Waals surface area contributed by atoms with E-state index in [1.54, 1.807) is 0 Å². The Labute approximate surface area is 286 Å². The Balaban J connectivity index is 1.31. The summed E-state index contributed by atoms with van der Waals surface area (Å²) in [6.45, 7) is 4.73. The SMILES string of the molecule is CC1(C)c2ccccc2-c2ccc(-c3c4ccccc4c(-c4ccc5ccccc5n4)c4ccc(-c5cccc6ccccc56)cc34)cc21. The molecule has 0 saturated heterocycles. The first-order valence-corrected chi connectivity index (χ1v) is 17.1. The van der Waals surface area contributed by atoms with Gasteiger partial charge >= 0.3 is 0 Å². The molecule has 0 spiro atoms. The zero-order valence-corrected chi connectivity index (χ0v) is 27.5. The molecule has 0 fully saturated rings. The lowest BCUT2D eigenvalue weighted by molar-refractivity contribution is 0.660. The summed E-state index contributed by atoms with van der Waals surface area (Å²) in [6.07, 6.45) is 0. The van der Waals surface area contributed by atoms with Gasteiger partial charge in [0.15, 0.2) is 0 Å². The molecule has 0 saturated carbocycles. The fourth-order valence-electron chi connectivity index (χ4n) is 8.48. The molecule has 0 amide bonds. The van der Waals surface area contributed by atoms with E-state index in [9.17, 15) is 0 Å². The number of aromatic nitrogens is 1. The van der Waals surface area contributed by atoms with E-state index in [-0.39, 0.29) is 5.41 Å². The fourth-order valence-corrected chi connectivity index (χ4v) is 8.48. The van der Waals surface area contributed by atoms with Gasteiger partial charge in [0.25, 0.3) is 0 Å². The number of para-hydroxylation sites is 1. The summed E-state index contributed by atoms with van der Waals surface area (Å²) in [5.41, 5.74) is 13.5. The summed E-state index contributed by atoms with van der Waals surface area (Å²) >= 11 is 0. The molecular formula is C48H33N. The van der Waals surface area contributed by atoms with Crippen LogP contribution in [0.3, 0.4) is 0 Å². The molecule has 1 aliphatic carbocycles. The van der Waals surface area contributed by atoms with E-state index in [2.05, 4.69) is 178 Å². The number of benzene rings is 8. The average Bonchev–Trinajstić information content (AvgIpc) is 3.38. The predicted octanol–water partition coefficient (Wildman–Crippen LogP) is 13.0. The minimum atomic E-state index is -0.0867. The number of pyridine rings is 1. The molecule has 8 aromatic carbocycles. The Kier molecular flexibility index (Phi) is 5.99. The van der Waals surface area contributed by atoms with Crippen LogP contribution in [0.5, 0.6) is 0 Å². The van der Waals surface area contributed by atoms with Crippen molar-refractivity contribution in [3.8, 4) is 44.6 Å². The molecule has 0 bridgehead atoms. The van der Waals surface area contributed by atoms with Crippen LogP contribution in [0.1, 0.15) is 25.0 Å². The van der Waals surface area contributed by atoms with Crippen LogP contribution >= 0.6 is 0 Å². The van der Waals surface area contributed by atoms with E-state index in [4.69, 9.17) is 4.98 Å². The second-order valence-corrected chi connectivity index (χ2v) is 13.9. The molecular weight excluding hydrogens is 591 g/mol. The van der Waals surface area contributed by atoms with E-state index in [0.717, 1.165) is 16.6 Å².